The molecule has 0 N–H and O–H groups in total. The SMILES string of the molecule is S=P12c3c4cccc3Oc3cccc(c31)N(c1ccccc1)c1cccc(c12)O4. The molecule has 0 atom stereocenters. The lowest BCUT2D eigenvalue weighted by Gasteiger charge is -2.45. The predicted molar refractivity (Wildman–Crippen MR) is 121 cm³/mol. The third-order valence-electron chi connectivity index (χ3n) is 5.80. The van der Waals surface area contributed by atoms with Crippen LogP contribution in [0.3, 0.4) is 0 Å². The van der Waals surface area contributed by atoms with Crippen LogP contribution >= 0.6 is 6.04 Å². The first-order valence-corrected chi connectivity index (χ1v) is 12.3. The number of rotatable bonds is 1. The normalized spacial score (nSPS) is 15.8. The fourth-order valence-electron chi connectivity index (χ4n) is 4.71. The summed E-state index contributed by atoms with van der Waals surface area (Å²) in [7, 11) is 0. The van der Waals surface area contributed by atoms with Crippen molar-refractivity contribution in [1.29, 1.82) is 0 Å². The summed E-state index contributed by atoms with van der Waals surface area (Å²) in [6.07, 6.45) is 0. The minimum atomic E-state index is -2.30. The van der Waals surface area contributed by atoms with E-state index in [9.17, 15) is 0 Å². The van der Waals surface area contributed by atoms with Gasteiger partial charge in [0.2, 0.25) is 0 Å². The third kappa shape index (κ3) is 1.82. The summed E-state index contributed by atoms with van der Waals surface area (Å²) < 4.78 is 12.7. The zero-order chi connectivity index (χ0) is 19.2. The standard InChI is InChI=1S/C24H14NO2PS/c29-28-22-16-9-4-11-18(22)26-20-13-6-14-21(24(20)28)27-19-12-5-10-17(23(19)28)25(16)15-7-2-1-3-8-15/h1-14H. The minimum Gasteiger partial charge on any atom is -0.456 e. The summed E-state index contributed by atoms with van der Waals surface area (Å²) >= 11 is 6.61. The summed E-state index contributed by atoms with van der Waals surface area (Å²) in [4.78, 5) is 2.29. The van der Waals surface area contributed by atoms with Crippen LogP contribution in [0.15, 0.2) is 84.9 Å². The van der Waals surface area contributed by atoms with E-state index in [4.69, 9.17) is 21.3 Å². The average Bonchev–Trinajstić information content (AvgIpc) is 2.74. The van der Waals surface area contributed by atoms with Crippen molar-refractivity contribution < 1.29 is 9.47 Å². The average molecular weight is 411 g/mol. The molecule has 3 aliphatic heterocycles. The lowest BCUT2D eigenvalue weighted by molar-refractivity contribution is 0.466. The second-order valence-corrected chi connectivity index (χ2v) is 11.5. The van der Waals surface area contributed by atoms with Crippen LogP contribution in [-0.2, 0) is 11.8 Å². The number of ether oxygens (including phenoxy) is 2. The van der Waals surface area contributed by atoms with Gasteiger partial charge in [0.15, 0.2) is 0 Å². The van der Waals surface area contributed by atoms with E-state index >= 15 is 0 Å². The Kier molecular flexibility index (Phi) is 2.89. The topological polar surface area (TPSA) is 21.7 Å². The summed E-state index contributed by atoms with van der Waals surface area (Å²) in [5.74, 6) is 3.37. The van der Waals surface area contributed by atoms with Gasteiger partial charge >= 0.3 is 0 Å². The van der Waals surface area contributed by atoms with Crippen LogP contribution < -0.4 is 30.3 Å². The molecule has 0 spiro atoms. The lowest BCUT2D eigenvalue weighted by atomic mass is 10.1. The van der Waals surface area contributed by atoms with Crippen LogP contribution in [-0.4, -0.2) is 0 Å². The Morgan fingerprint density at radius 2 is 1.03 bits per heavy atom. The Morgan fingerprint density at radius 1 is 0.552 bits per heavy atom. The van der Waals surface area contributed by atoms with Crippen molar-refractivity contribution in [2.45, 2.75) is 0 Å². The molecule has 0 aliphatic carbocycles. The molecule has 5 heteroatoms. The van der Waals surface area contributed by atoms with Crippen molar-refractivity contribution in [3.8, 4) is 23.0 Å². The van der Waals surface area contributed by atoms with Crippen LogP contribution in [0, 0.1) is 0 Å². The molecular weight excluding hydrogens is 397 g/mol. The van der Waals surface area contributed by atoms with Gasteiger partial charge in [-0.1, -0.05) is 48.2 Å². The van der Waals surface area contributed by atoms with Gasteiger partial charge in [-0.25, -0.2) is 0 Å². The van der Waals surface area contributed by atoms with Crippen molar-refractivity contribution in [3.63, 3.8) is 0 Å². The maximum Gasteiger partial charge on any atom is 0.140 e. The Bertz CT molecular complexity index is 1320. The maximum atomic E-state index is 6.61. The molecule has 138 valence electrons. The Labute approximate surface area is 173 Å². The van der Waals surface area contributed by atoms with Crippen molar-refractivity contribution in [3.05, 3.63) is 84.9 Å². The molecule has 3 nitrogen and oxygen atoms in total. The van der Waals surface area contributed by atoms with Crippen molar-refractivity contribution in [2.24, 2.45) is 0 Å². The molecule has 0 unspecified atom stereocenters. The number of anilines is 3. The summed E-state index contributed by atoms with van der Waals surface area (Å²) in [6.45, 7) is 0. The van der Waals surface area contributed by atoms with E-state index in [0.29, 0.717) is 0 Å². The highest BCUT2D eigenvalue weighted by Crippen LogP contribution is 2.64. The molecule has 0 bridgehead atoms. The van der Waals surface area contributed by atoms with Gasteiger partial charge in [-0.05, 0) is 48.5 Å². The summed E-state index contributed by atoms with van der Waals surface area (Å²) in [6, 6.07) is 26.6. The second kappa shape index (κ2) is 5.29. The highest BCUT2D eigenvalue weighted by Gasteiger charge is 2.49. The van der Waals surface area contributed by atoms with Crippen LogP contribution in [0.1, 0.15) is 0 Å². The van der Waals surface area contributed by atoms with Gasteiger partial charge in [0.25, 0.3) is 0 Å². The van der Waals surface area contributed by atoms with E-state index in [2.05, 4.69) is 53.4 Å². The van der Waals surface area contributed by atoms with E-state index in [0.717, 1.165) is 56.0 Å². The van der Waals surface area contributed by atoms with Gasteiger partial charge < -0.3 is 14.4 Å². The van der Waals surface area contributed by atoms with E-state index < -0.39 is 6.04 Å². The Hall–Kier alpha value is -3.07. The molecule has 0 saturated carbocycles. The third-order valence-corrected chi connectivity index (χ3v) is 10.7. The number of benzene rings is 4. The molecule has 7 rings (SSSR count). The first-order valence-electron chi connectivity index (χ1n) is 9.48. The maximum absolute atomic E-state index is 6.61. The Morgan fingerprint density at radius 3 is 1.59 bits per heavy atom. The molecule has 29 heavy (non-hydrogen) atoms. The summed E-state index contributed by atoms with van der Waals surface area (Å²) in [5, 5.41) is 3.30. The van der Waals surface area contributed by atoms with Crippen molar-refractivity contribution >= 4 is 50.8 Å². The zero-order valence-electron chi connectivity index (χ0n) is 15.2. The molecule has 4 aromatic carbocycles. The van der Waals surface area contributed by atoms with Crippen molar-refractivity contribution in [2.75, 3.05) is 4.90 Å². The number of para-hydroxylation sites is 1. The number of hydrogen-bond acceptors (Lipinski definition) is 4. The first kappa shape index (κ1) is 15.8. The van der Waals surface area contributed by atoms with E-state index in [1.807, 2.05) is 36.4 Å². The highest BCUT2D eigenvalue weighted by atomic mass is 32.4. The van der Waals surface area contributed by atoms with Gasteiger partial charge in [-0.3, -0.25) is 0 Å². The van der Waals surface area contributed by atoms with Gasteiger partial charge in [0.1, 0.15) is 23.0 Å². The van der Waals surface area contributed by atoms with Crippen LogP contribution in [0.25, 0.3) is 0 Å². The van der Waals surface area contributed by atoms with Crippen LogP contribution in [0.4, 0.5) is 17.1 Å². The minimum absolute atomic E-state index is 0.823. The summed E-state index contributed by atoms with van der Waals surface area (Å²) in [5.41, 5.74) is 3.30. The molecule has 0 fully saturated rings. The first-order chi connectivity index (χ1) is 14.3. The van der Waals surface area contributed by atoms with Crippen LogP contribution in [0.5, 0.6) is 23.0 Å². The monoisotopic (exact) mass is 411 g/mol. The lowest BCUT2D eigenvalue weighted by Crippen LogP contribution is -2.42. The fraction of sp³-hybridized carbons (Fsp3) is 0. The molecule has 3 aliphatic rings. The van der Waals surface area contributed by atoms with Crippen molar-refractivity contribution in [1.82, 2.24) is 0 Å². The molecule has 3 heterocycles. The highest BCUT2D eigenvalue weighted by molar-refractivity contribution is 8.26. The fourth-order valence-corrected chi connectivity index (χ4v) is 9.74. The molecule has 0 saturated heterocycles. The molecule has 4 aromatic rings. The smallest absolute Gasteiger partial charge is 0.140 e. The molecule has 0 aromatic heterocycles. The van der Waals surface area contributed by atoms with Crippen LogP contribution in [0.2, 0.25) is 0 Å². The predicted octanol–water partition coefficient (Wildman–Crippen LogP) is 5.44. The van der Waals surface area contributed by atoms with E-state index in [1.165, 1.54) is 0 Å². The van der Waals surface area contributed by atoms with Gasteiger partial charge in [0, 0.05) is 5.69 Å². The second-order valence-electron chi connectivity index (χ2n) is 7.34. The van der Waals surface area contributed by atoms with E-state index in [1.54, 1.807) is 0 Å². The van der Waals surface area contributed by atoms with Gasteiger partial charge in [-0.2, -0.15) is 0 Å². The van der Waals surface area contributed by atoms with Gasteiger partial charge in [-0.15, -0.1) is 0 Å². The Balaban J connectivity index is 1.68. The molecule has 0 radical (unpaired) electrons. The zero-order valence-corrected chi connectivity index (χ0v) is 16.9. The van der Waals surface area contributed by atoms with E-state index in [-0.39, 0.29) is 0 Å². The van der Waals surface area contributed by atoms with Gasteiger partial charge in [0.05, 0.1) is 33.3 Å². The quantitative estimate of drug-likeness (QED) is 0.336. The number of hydrogen-bond donors (Lipinski definition) is 0. The number of nitrogens with zero attached hydrogens (tertiary/aromatic N) is 1. The molecule has 0 amide bonds. The largest absolute Gasteiger partial charge is 0.456 e. The molecular formula is C24H14NO2PS.